The Morgan fingerprint density at radius 1 is 0.517 bits per heavy atom. The van der Waals surface area contributed by atoms with Crippen molar-refractivity contribution in [3.63, 3.8) is 0 Å². The van der Waals surface area contributed by atoms with Gasteiger partial charge in [-0.05, 0) is 83.5 Å². The zero-order valence-electron chi connectivity index (χ0n) is 35.0. The van der Waals surface area contributed by atoms with Crippen molar-refractivity contribution >= 4 is 35.4 Å². The Bertz CT molecular complexity index is 1460. The Morgan fingerprint density at radius 2 is 0.931 bits per heavy atom. The number of benzene rings is 2. The number of rotatable bonds is 28. The number of anilines is 2. The third-order valence-corrected chi connectivity index (χ3v) is 7.19. The number of hydrogen-bond donors (Lipinski definition) is 3. The average Bonchev–Trinajstić information content (AvgIpc) is 3.14. The second-order valence-electron chi connectivity index (χ2n) is 14.6. The molecule has 0 saturated heterocycles. The molecule has 2 rings (SSSR count). The summed E-state index contributed by atoms with van der Waals surface area (Å²) >= 11 is 0. The molecule has 0 heterocycles. The molecule has 2 aromatic rings. The topological polar surface area (TPSA) is 197 Å². The van der Waals surface area contributed by atoms with Crippen LogP contribution < -0.4 is 16.0 Å². The third kappa shape index (κ3) is 25.1. The highest BCUT2D eigenvalue weighted by Crippen LogP contribution is 2.17. The fraction of sp³-hybridized carbons (Fsp3) is 0.610. The maximum Gasteiger partial charge on any atom is 0.411 e. The van der Waals surface area contributed by atoms with Gasteiger partial charge in [0.05, 0.1) is 91.5 Å². The van der Waals surface area contributed by atoms with E-state index in [0.29, 0.717) is 102 Å². The number of methoxy groups -OCH3 is 1. The van der Waals surface area contributed by atoms with Gasteiger partial charge in [0.1, 0.15) is 23.9 Å². The highest BCUT2D eigenvalue weighted by atomic mass is 16.6. The summed E-state index contributed by atoms with van der Waals surface area (Å²) in [4.78, 5) is 50.7. The van der Waals surface area contributed by atoms with Gasteiger partial charge in [-0.3, -0.25) is 10.1 Å². The van der Waals surface area contributed by atoms with Gasteiger partial charge in [-0.1, -0.05) is 12.1 Å². The fourth-order valence-corrected chi connectivity index (χ4v) is 4.57. The number of ether oxygens (including phenoxy) is 10. The Hall–Kier alpha value is -4.36. The fourth-order valence-electron chi connectivity index (χ4n) is 4.57. The molecule has 0 unspecified atom stereocenters. The lowest BCUT2D eigenvalue weighted by molar-refractivity contribution is -0.118. The van der Waals surface area contributed by atoms with Gasteiger partial charge in [-0.25, -0.2) is 14.4 Å². The summed E-state index contributed by atoms with van der Waals surface area (Å²) in [6.45, 7) is 16.3. The lowest BCUT2D eigenvalue weighted by atomic mass is 10.0. The summed E-state index contributed by atoms with van der Waals surface area (Å²) in [5.74, 6) is -0.990. The third-order valence-electron chi connectivity index (χ3n) is 7.19. The van der Waals surface area contributed by atoms with E-state index in [9.17, 15) is 19.2 Å². The molecule has 0 bridgehead atoms. The van der Waals surface area contributed by atoms with Gasteiger partial charge in [0, 0.05) is 24.9 Å². The number of amides is 3. The zero-order valence-corrected chi connectivity index (χ0v) is 35.0. The second-order valence-corrected chi connectivity index (χ2v) is 14.6. The van der Waals surface area contributed by atoms with Crippen LogP contribution in [0.2, 0.25) is 0 Å². The molecule has 3 amide bonds. The number of carbonyl (C=O) groups excluding carboxylic acids is 4. The van der Waals surface area contributed by atoms with Crippen molar-refractivity contribution in [2.75, 3.05) is 110 Å². The summed E-state index contributed by atoms with van der Waals surface area (Å²) in [6, 6.07) is 11.9. The van der Waals surface area contributed by atoms with Crippen LogP contribution in [0.5, 0.6) is 0 Å². The van der Waals surface area contributed by atoms with Crippen LogP contribution in [0, 0.1) is 0 Å². The minimum Gasteiger partial charge on any atom is -0.456 e. The summed E-state index contributed by atoms with van der Waals surface area (Å²) in [5.41, 5.74) is 0.474. The summed E-state index contributed by atoms with van der Waals surface area (Å²) in [5, 5.41) is 8.06. The van der Waals surface area contributed by atoms with Crippen LogP contribution >= 0.6 is 0 Å². The van der Waals surface area contributed by atoms with E-state index in [4.69, 9.17) is 47.4 Å². The average molecular weight is 822 g/mol. The molecule has 2 aromatic carbocycles. The summed E-state index contributed by atoms with van der Waals surface area (Å²) in [7, 11) is 1.63. The molecule has 0 saturated carbocycles. The SMILES string of the molecule is COCCOCCOCCOCCOCCOCCOCCOC(=O)Nc1ccc(C[C@H](NC(=O)OC(C)(C)C)C(=O)Nc2ccc(C(=O)OC(C)(C)C)cc2)cc1. The Morgan fingerprint density at radius 3 is 1.38 bits per heavy atom. The predicted molar refractivity (Wildman–Crippen MR) is 215 cm³/mol. The van der Waals surface area contributed by atoms with Crippen LogP contribution in [-0.2, 0) is 58.6 Å². The standard InChI is InChI=1S/C41H63N3O14/c1-40(2,3)57-37(46)32-10-14-33(15-11-32)42-36(45)35(44-39(48)58-41(4,5)6)30-31-8-12-34(13-9-31)43-38(47)56-29-28-55-27-26-54-25-24-53-23-22-52-21-20-51-19-18-50-17-16-49-7/h8-15,35H,16-30H2,1-7H3,(H,42,45)(H,43,47)(H,44,48)/t35-/m0/s1. The van der Waals surface area contributed by atoms with E-state index in [1.165, 1.54) is 0 Å². The van der Waals surface area contributed by atoms with Crippen LogP contribution in [-0.4, -0.2) is 141 Å². The van der Waals surface area contributed by atoms with Crippen molar-refractivity contribution in [1.82, 2.24) is 5.32 Å². The van der Waals surface area contributed by atoms with Gasteiger partial charge in [0.2, 0.25) is 5.91 Å². The van der Waals surface area contributed by atoms with E-state index in [-0.39, 0.29) is 19.6 Å². The number of nitrogens with one attached hydrogen (secondary N) is 3. The number of hydrogen-bond acceptors (Lipinski definition) is 14. The van der Waals surface area contributed by atoms with Crippen LogP contribution in [0.4, 0.5) is 21.0 Å². The molecule has 0 aliphatic heterocycles. The molecular weight excluding hydrogens is 758 g/mol. The van der Waals surface area contributed by atoms with Crippen molar-refractivity contribution in [2.45, 2.75) is 65.2 Å². The van der Waals surface area contributed by atoms with Gasteiger partial charge in [0.15, 0.2) is 0 Å². The Balaban J connectivity index is 1.65. The lowest BCUT2D eigenvalue weighted by Gasteiger charge is -2.23. The largest absolute Gasteiger partial charge is 0.456 e. The molecule has 58 heavy (non-hydrogen) atoms. The normalized spacial score (nSPS) is 12.1. The van der Waals surface area contributed by atoms with Crippen molar-refractivity contribution in [3.05, 3.63) is 59.7 Å². The molecule has 326 valence electrons. The number of esters is 1. The number of alkyl carbamates (subject to hydrolysis) is 1. The quantitative estimate of drug-likeness (QED) is 0.0589. The van der Waals surface area contributed by atoms with Gasteiger partial charge < -0.3 is 58.0 Å². The van der Waals surface area contributed by atoms with E-state index in [2.05, 4.69) is 16.0 Å². The van der Waals surface area contributed by atoms with Crippen LogP contribution in [0.3, 0.4) is 0 Å². The van der Waals surface area contributed by atoms with Crippen molar-refractivity contribution in [1.29, 1.82) is 0 Å². The van der Waals surface area contributed by atoms with Gasteiger partial charge in [-0.2, -0.15) is 0 Å². The maximum absolute atomic E-state index is 13.4. The van der Waals surface area contributed by atoms with E-state index in [1.54, 1.807) is 97.2 Å². The van der Waals surface area contributed by atoms with Crippen LogP contribution in [0.25, 0.3) is 0 Å². The molecule has 1 atom stereocenters. The molecule has 0 aliphatic rings. The minimum atomic E-state index is -1.02. The lowest BCUT2D eigenvalue weighted by Crippen LogP contribution is -2.47. The molecule has 0 spiro atoms. The van der Waals surface area contributed by atoms with Crippen molar-refractivity contribution < 1.29 is 66.5 Å². The van der Waals surface area contributed by atoms with Crippen LogP contribution in [0.15, 0.2) is 48.5 Å². The first-order valence-corrected chi connectivity index (χ1v) is 19.3. The van der Waals surface area contributed by atoms with Gasteiger partial charge in [-0.15, -0.1) is 0 Å². The van der Waals surface area contributed by atoms with Crippen LogP contribution in [0.1, 0.15) is 57.5 Å². The van der Waals surface area contributed by atoms with E-state index in [0.717, 1.165) is 0 Å². The van der Waals surface area contributed by atoms with E-state index < -0.39 is 41.3 Å². The summed E-state index contributed by atoms with van der Waals surface area (Å²) in [6.07, 6.45) is -1.31. The Labute approximate surface area is 342 Å². The summed E-state index contributed by atoms with van der Waals surface area (Å²) < 4.78 is 53.4. The van der Waals surface area contributed by atoms with Gasteiger partial charge >= 0.3 is 18.2 Å². The van der Waals surface area contributed by atoms with Gasteiger partial charge in [0.25, 0.3) is 0 Å². The molecule has 17 heteroatoms. The first-order chi connectivity index (χ1) is 27.6. The molecule has 0 radical (unpaired) electrons. The van der Waals surface area contributed by atoms with Crippen molar-refractivity contribution in [2.24, 2.45) is 0 Å². The zero-order chi connectivity index (χ0) is 42.7. The highest BCUT2D eigenvalue weighted by Gasteiger charge is 2.25. The molecule has 0 aliphatic carbocycles. The highest BCUT2D eigenvalue weighted by molar-refractivity contribution is 5.97. The minimum absolute atomic E-state index is 0.0388. The monoisotopic (exact) mass is 821 g/mol. The Kier molecular flexibility index (Phi) is 24.1. The molecular formula is C41H63N3O14. The first kappa shape index (κ1) is 49.8. The molecule has 17 nitrogen and oxygen atoms in total. The molecule has 3 N–H and O–H groups in total. The first-order valence-electron chi connectivity index (χ1n) is 19.3. The molecule has 0 fully saturated rings. The second kappa shape index (κ2) is 28.1. The molecule has 0 aromatic heterocycles. The van der Waals surface area contributed by atoms with Crippen molar-refractivity contribution in [3.8, 4) is 0 Å². The smallest absolute Gasteiger partial charge is 0.411 e. The number of carbonyl (C=O) groups is 4. The van der Waals surface area contributed by atoms with E-state index in [1.807, 2.05) is 0 Å². The van der Waals surface area contributed by atoms with E-state index >= 15 is 0 Å². The predicted octanol–water partition coefficient (Wildman–Crippen LogP) is 5.01. The maximum atomic E-state index is 13.4.